The maximum Gasteiger partial charge on any atom is 0.272 e. The van der Waals surface area contributed by atoms with Crippen LogP contribution in [0, 0.1) is 23.0 Å². The van der Waals surface area contributed by atoms with E-state index in [1.807, 2.05) is 20.0 Å². The van der Waals surface area contributed by atoms with Gasteiger partial charge in [0.1, 0.15) is 0 Å². The summed E-state index contributed by atoms with van der Waals surface area (Å²) in [4.78, 5) is 10.6. The van der Waals surface area contributed by atoms with E-state index in [1.54, 1.807) is 12.1 Å². The molecule has 104 valence electrons. The average molecular weight is 264 g/mol. The first kappa shape index (κ1) is 14.0. The summed E-state index contributed by atoms with van der Waals surface area (Å²) in [7, 11) is 1.96. The average Bonchev–Trinajstić information content (AvgIpc) is 2.41. The van der Waals surface area contributed by atoms with Gasteiger partial charge in [-0.2, -0.15) is 0 Å². The monoisotopic (exact) mass is 264 g/mol. The minimum Gasteiger partial charge on any atom is -0.381 e. The molecule has 1 aliphatic heterocycles. The van der Waals surface area contributed by atoms with Crippen molar-refractivity contribution in [3.63, 3.8) is 0 Å². The highest BCUT2D eigenvalue weighted by molar-refractivity contribution is 5.44. The van der Waals surface area contributed by atoms with E-state index in [0.29, 0.717) is 18.6 Å². The van der Waals surface area contributed by atoms with E-state index in [1.165, 1.54) is 0 Å². The third kappa shape index (κ3) is 3.11. The van der Waals surface area contributed by atoms with E-state index in [0.717, 1.165) is 30.6 Å². The number of benzene rings is 1. The molecule has 19 heavy (non-hydrogen) atoms. The zero-order chi connectivity index (χ0) is 13.8. The second-order valence-corrected chi connectivity index (χ2v) is 5.04. The molecule has 5 nitrogen and oxygen atoms in total. The van der Waals surface area contributed by atoms with Gasteiger partial charge < -0.3 is 10.1 Å². The molecule has 0 aromatic heterocycles. The van der Waals surface area contributed by atoms with Crippen molar-refractivity contribution in [3.05, 3.63) is 39.4 Å². The Bertz CT molecular complexity index is 462. The number of hydrogen-bond donors (Lipinski definition) is 1. The Hall–Kier alpha value is -1.46. The smallest absolute Gasteiger partial charge is 0.272 e. The van der Waals surface area contributed by atoms with Gasteiger partial charge >= 0.3 is 0 Å². The lowest BCUT2D eigenvalue weighted by molar-refractivity contribution is -0.385. The summed E-state index contributed by atoms with van der Waals surface area (Å²) in [5.74, 6) is 0.374. The third-order valence-corrected chi connectivity index (χ3v) is 3.94. The molecule has 0 saturated carbocycles. The summed E-state index contributed by atoms with van der Waals surface area (Å²) in [6, 6.07) is 5.72. The molecule has 1 N–H and O–H groups in total. The van der Waals surface area contributed by atoms with E-state index in [-0.39, 0.29) is 10.6 Å². The second kappa shape index (κ2) is 6.12. The van der Waals surface area contributed by atoms with E-state index in [9.17, 15) is 10.1 Å². The second-order valence-electron chi connectivity index (χ2n) is 5.04. The predicted octanol–water partition coefficient (Wildman–Crippen LogP) is 2.07. The van der Waals surface area contributed by atoms with Gasteiger partial charge in [-0.3, -0.25) is 10.1 Å². The normalized spacial score (nSPS) is 23.3. The number of nitro benzene ring substituents is 1. The van der Waals surface area contributed by atoms with Gasteiger partial charge in [0.05, 0.1) is 11.5 Å². The fourth-order valence-electron chi connectivity index (χ4n) is 2.75. The van der Waals surface area contributed by atoms with Crippen molar-refractivity contribution in [2.75, 3.05) is 20.3 Å². The Balaban J connectivity index is 2.18. The van der Waals surface area contributed by atoms with Gasteiger partial charge in [-0.25, -0.2) is 0 Å². The maximum atomic E-state index is 11.0. The Morgan fingerprint density at radius 1 is 1.53 bits per heavy atom. The van der Waals surface area contributed by atoms with Gasteiger partial charge in [0, 0.05) is 30.2 Å². The standard InChI is InChI=1S/C14H20N2O3/c1-10-11(4-3-5-14(10)16(17)18)8-12-9-19-7-6-13(12)15-2/h3-5,12-13,15H,6-9H2,1-2H3. The fraction of sp³-hybridized carbons (Fsp3) is 0.571. The van der Waals surface area contributed by atoms with Crippen LogP contribution in [0.1, 0.15) is 17.5 Å². The molecule has 1 aromatic rings. The Labute approximate surface area is 113 Å². The molecule has 0 radical (unpaired) electrons. The number of ether oxygens (including phenoxy) is 1. The van der Waals surface area contributed by atoms with E-state index in [4.69, 9.17) is 4.74 Å². The van der Waals surface area contributed by atoms with Gasteiger partial charge in [0.15, 0.2) is 0 Å². The first-order chi connectivity index (χ1) is 9.13. The van der Waals surface area contributed by atoms with Crippen molar-refractivity contribution in [2.24, 2.45) is 5.92 Å². The molecule has 1 fully saturated rings. The SMILES string of the molecule is CNC1CCOCC1Cc1cccc([N+](=O)[O-])c1C. The number of nitrogens with one attached hydrogen (secondary N) is 1. The number of rotatable bonds is 4. The van der Waals surface area contributed by atoms with Gasteiger partial charge in [-0.1, -0.05) is 12.1 Å². The number of nitro groups is 1. The van der Waals surface area contributed by atoms with Crippen LogP contribution in [0.5, 0.6) is 0 Å². The molecule has 1 aromatic carbocycles. The molecule has 5 heteroatoms. The van der Waals surface area contributed by atoms with Crippen molar-refractivity contribution >= 4 is 5.69 Å². The minimum atomic E-state index is -0.314. The van der Waals surface area contributed by atoms with Crippen LogP contribution in [0.2, 0.25) is 0 Å². The highest BCUT2D eigenvalue weighted by Crippen LogP contribution is 2.26. The molecule has 1 saturated heterocycles. The Kier molecular flexibility index (Phi) is 4.50. The Morgan fingerprint density at radius 2 is 2.32 bits per heavy atom. The number of nitrogens with zero attached hydrogens (tertiary/aromatic N) is 1. The lowest BCUT2D eigenvalue weighted by Crippen LogP contribution is -2.42. The molecule has 0 spiro atoms. The van der Waals surface area contributed by atoms with Crippen molar-refractivity contribution in [1.82, 2.24) is 5.32 Å². The van der Waals surface area contributed by atoms with Gasteiger partial charge in [0.25, 0.3) is 5.69 Å². The largest absolute Gasteiger partial charge is 0.381 e. The molecule has 2 atom stereocenters. The quantitative estimate of drug-likeness (QED) is 0.668. The van der Waals surface area contributed by atoms with Gasteiger partial charge in [0.2, 0.25) is 0 Å². The van der Waals surface area contributed by atoms with Crippen molar-refractivity contribution < 1.29 is 9.66 Å². The topological polar surface area (TPSA) is 64.4 Å². The van der Waals surface area contributed by atoms with Crippen LogP contribution < -0.4 is 5.32 Å². The van der Waals surface area contributed by atoms with Crippen LogP contribution in [0.25, 0.3) is 0 Å². The van der Waals surface area contributed by atoms with E-state index >= 15 is 0 Å². The maximum absolute atomic E-state index is 11.0. The van der Waals surface area contributed by atoms with Gasteiger partial charge in [-0.15, -0.1) is 0 Å². The van der Waals surface area contributed by atoms with Crippen molar-refractivity contribution in [3.8, 4) is 0 Å². The molecule has 1 aliphatic rings. The molecular weight excluding hydrogens is 244 g/mol. The highest BCUT2D eigenvalue weighted by Gasteiger charge is 2.26. The third-order valence-electron chi connectivity index (χ3n) is 3.94. The predicted molar refractivity (Wildman–Crippen MR) is 73.3 cm³/mol. The first-order valence-electron chi connectivity index (χ1n) is 6.61. The first-order valence-corrected chi connectivity index (χ1v) is 6.61. The zero-order valence-electron chi connectivity index (χ0n) is 11.4. The zero-order valence-corrected chi connectivity index (χ0v) is 11.4. The van der Waals surface area contributed by atoms with Crippen LogP contribution in [-0.2, 0) is 11.2 Å². The van der Waals surface area contributed by atoms with Crippen LogP contribution in [0.4, 0.5) is 5.69 Å². The van der Waals surface area contributed by atoms with Crippen LogP contribution in [0.3, 0.4) is 0 Å². The van der Waals surface area contributed by atoms with Crippen LogP contribution in [0.15, 0.2) is 18.2 Å². The molecule has 1 heterocycles. The lowest BCUT2D eigenvalue weighted by atomic mass is 9.88. The van der Waals surface area contributed by atoms with Crippen molar-refractivity contribution in [1.29, 1.82) is 0 Å². The van der Waals surface area contributed by atoms with Gasteiger partial charge in [-0.05, 0) is 32.4 Å². The molecule has 0 amide bonds. The van der Waals surface area contributed by atoms with Crippen LogP contribution in [-0.4, -0.2) is 31.2 Å². The highest BCUT2D eigenvalue weighted by atomic mass is 16.6. The molecular formula is C14H20N2O3. The Morgan fingerprint density at radius 3 is 3.00 bits per heavy atom. The summed E-state index contributed by atoms with van der Waals surface area (Å²) in [6.45, 7) is 3.33. The summed E-state index contributed by atoms with van der Waals surface area (Å²) in [5.41, 5.74) is 2.02. The van der Waals surface area contributed by atoms with E-state index in [2.05, 4.69) is 5.32 Å². The summed E-state index contributed by atoms with van der Waals surface area (Å²) in [5, 5.41) is 14.3. The fourth-order valence-corrected chi connectivity index (χ4v) is 2.75. The van der Waals surface area contributed by atoms with Crippen molar-refractivity contribution in [2.45, 2.75) is 25.8 Å². The minimum absolute atomic E-state index is 0.204. The lowest BCUT2D eigenvalue weighted by Gasteiger charge is -2.31. The summed E-state index contributed by atoms with van der Waals surface area (Å²) >= 11 is 0. The molecule has 0 bridgehead atoms. The summed E-state index contributed by atoms with van der Waals surface area (Å²) < 4.78 is 5.53. The molecule has 2 rings (SSSR count). The van der Waals surface area contributed by atoms with E-state index < -0.39 is 0 Å². The molecule has 2 unspecified atom stereocenters. The number of hydrogen-bond acceptors (Lipinski definition) is 4. The summed E-state index contributed by atoms with van der Waals surface area (Å²) in [6.07, 6.45) is 1.81. The van der Waals surface area contributed by atoms with Crippen LogP contribution >= 0.6 is 0 Å². The molecule has 0 aliphatic carbocycles.